The molecule has 0 saturated carbocycles. The molecule has 0 radical (unpaired) electrons. The number of anilines is 2. The molecule has 1 atom stereocenters. The predicted molar refractivity (Wildman–Crippen MR) is 113 cm³/mol. The maximum atomic E-state index is 5.74. The van der Waals surface area contributed by atoms with Gasteiger partial charge in [-0.2, -0.15) is 0 Å². The average molecular weight is 339 g/mol. The van der Waals surface area contributed by atoms with Gasteiger partial charge in [0.1, 0.15) is 0 Å². The number of hydrogen-bond acceptors (Lipinski definition) is 2. The summed E-state index contributed by atoms with van der Waals surface area (Å²) < 4.78 is 5.74. The van der Waals surface area contributed by atoms with Crippen molar-refractivity contribution in [3.8, 4) is 22.3 Å². The Kier molecular flexibility index (Phi) is 3.97. The lowest BCUT2D eigenvalue weighted by atomic mass is 9.74. The first-order valence-electron chi connectivity index (χ1n) is 8.85. The number of methoxy groups -OCH3 is 1. The van der Waals surface area contributed by atoms with Gasteiger partial charge in [-0.25, -0.2) is 0 Å². The van der Waals surface area contributed by atoms with Gasteiger partial charge in [0.2, 0.25) is 0 Å². The Morgan fingerprint density at radius 1 is 0.885 bits per heavy atom. The van der Waals surface area contributed by atoms with Gasteiger partial charge >= 0.3 is 0 Å². The van der Waals surface area contributed by atoms with E-state index in [1.807, 2.05) is 13.9 Å². The number of nitrogens with zero attached hydrogens (tertiary/aromatic N) is 1. The van der Waals surface area contributed by atoms with Crippen LogP contribution in [0.5, 0.6) is 0 Å². The Bertz CT molecular complexity index is 997. The minimum Gasteiger partial charge on any atom is -0.379 e. The van der Waals surface area contributed by atoms with Crippen molar-refractivity contribution in [2.24, 2.45) is 0 Å². The van der Waals surface area contributed by atoms with E-state index in [9.17, 15) is 0 Å². The molecule has 26 heavy (non-hydrogen) atoms. The van der Waals surface area contributed by atoms with Crippen LogP contribution in [0.2, 0.25) is 0 Å². The Hall–Kier alpha value is -2.78. The first-order valence-corrected chi connectivity index (χ1v) is 8.85. The first-order chi connectivity index (χ1) is 12.6. The zero-order valence-corrected chi connectivity index (χ0v) is 15.5. The first kappa shape index (κ1) is 16.7. The molecule has 0 aromatic heterocycles. The highest BCUT2D eigenvalue weighted by Gasteiger charge is 2.27. The van der Waals surface area contributed by atoms with Gasteiger partial charge in [0.15, 0.2) is 7.85 Å². The molecule has 0 aliphatic carbocycles. The Balaban J connectivity index is 2.04. The standard InChI is InChI=1S/C23H22BNO/c1-4-23(24,26-3)16-13-14-22-20(15-16)18-10-6-5-9-17(18)19-11-7-8-12-21(19)25(22)2/h4-15H,1,24H2,2-3H3. The molecule has 3 aromatic rings. The molecular formula is C23H22BNO. The summed E-state index contributed by atoms with van der Waals surface area (Å²) in [5, 5.41) is 0. The van der Waals surface area contributed by atoms with Crippen LogP contribution in [0.4, 0.5) is 11.4 Å². The molecule has 1 aliphatic heterocycles. The van der Waals surface area contributed by atoms with E-state index in [1.165, 1.54) is 33.6 Å². The van der Waals surface area contributed by atoms with Gasteiger partial charge in [-0.05, 0) is 34.9 Å². The fourth-order valence-electron chi connectivity index (χ4n) is 3.75. The summed E-state index contributed by atoms with van der Waals surface area (Å²) >= 11 is 0. The highest BCUT2D eigenvalue weighted by molar-refractivity contribution is 6.16. The highest BCUT2D eigenvalue weighted by Crippen LogP contribution is 2.47. The zero-order valence-electron chi connectivity index (χ0n) is 15.5. The van der Waals surface area contributed by atoms with Crippen molar-refractivity contribution >= 4 is 19.2 Å². The third kappa shape index (κ3) is 2.39. The minimum absolute atomic E-state index is 0.512. The van der Waals surface area contributed by atoms with Crippen LogP contribution in [-0.4, -0.2) is 22.0 Å². The van der Waals surface area contributed by atoms with Gasteiger partial charge in [0.05, 0.1) is 5.50 Å². The second-order valence-electron chi connectivity index (χ2n) is 6.87. The van der Waals surface area contributed by atoms with Crippen molar-refractivity contribution in [3.63, 3.8) is 0 Å². The highest BCUT2D eigenvalue weighted by atomic mass is 16.5. The van der Waals surface area contributed by atoms with Crippen LogP contribution in [0.1, 0.15) is 5.56 Å². The summed E-state index contributed by atoms with van der Waals surface area (Å²) in [6.07, 6.45) is 1.86. The smallest absolute Gasteiger partial charge is 0.154 e. The molecule has 0 spiro atoms. The Labute approximate surface area is 156 Å². The molecule has 128 valence electrons. The van der Waals surface area contributed by atoms with E-state index >= 15 is 0 Å². The summed E-state index contributed by atoms with van der Waals surface area (Å²) in [6, 6.07) is 23.7. The van der Waals surface area contributed by atoms with E-state index in [4.69, 9.17) is 4.74 Å². The number of ether oxygens (including phenoxy) is 1. The van der Waals surface area contributed by atoms with Crippen LogP contribution >= 0.6 is 0 Å². The summed E-state index contributed by atoms with van der Waals surface area (Å²) in [5.74, 6) is 0. The second-order valence-corrected chi connectivity index (χ2v) is 6.87. The van der Waals surface area contributed by atoms with Crippen LogP contribution in [-0.2, 0) is 10.2 Å². The van der Waals surface area contributed by atoms with E-state index in [0.717, 1.165) is 5.56 Å². The topological polar surface area (TPSA) is 12.5 Å². The molecule has 0 N–H and O–H groups in total. The van der Waals surface area contributed by atoms with Crippen molar-refractivity contribution in [2.75, 3.05) is 19.1 Å². The molecule has 0 amide bonds. The fraction of sp³-hybridized carbons (Fsp3) is 0.130. The molecule has 0 saturated heterocycles. The Morgan fingerprint density at radius 2 is 1.46 bits per heavy atom. The third-order valence-corrected chi connectivity index (χ3v) is 5.52. The van der Waals surface area contributed by atoms with Gasteiger partial charge in [-0.1, -0.05) is 54.6 Å². The van der Waals surface area contributed by atoms with Crippen molar-refractivity contribution in [1.29, 1.82) is 0 Å². The van der Waals surface area contributed by atoms with Crippen LogP contribution in [0.3, 0.4) is 0 Å². The lowest BCUT2D eigenvalue weighted by Gasteiger charge is -2.28. The number of fused-ring (bicyclic) bond motifs is 5. The number of hydrogen-bond donors (Lipinski definition) is 0. The molecular weight excluding hydrogens is 317 g/mol. The monoisotopic (exact) mass is 339 g/mol. The summed E-state index contributed by atoms with van der Waals surface area (Å²) in [5.41, 5.74) is 7.94. The van der Waals surface area contributed by atoms with Crippen LogP contribution in [0.25, 0.3) is 22.3 Å². The summed E-state index contributed by atoms with van der Waals surface area (Å²) in [6.45, 7) is 3.97. The van der Waals surface area contributed by atoms with E-state index in [-0.39, 0.29) is 0 Å². The lowest BCUT2D eigenvalue weighted by Crippen LogP contribution is -2.26. The van der Waals surface area contributed by atoms with Crippen LogP contribution in [0.15, 0.2) is 79.4 Å². The van der Waals surface area contributed by atoms with E-state index < -0.39 is 5.50 Å². The SMILES string of the molecule is BC(C=C)(OC)c1ccc2c(c1)-c1ccccc1-c1ccccc1N2C. The van der Waals surface area contributed by atoms with E-state index in [2.05, 4.69) is 85.3 Å². The van der Waals surface area contributed by atoms with Gasteiger partial charge in [-0.15, -0.1) is 6.58 Å². The van der Waals surface area contributed by atoms with Gasteiger partial charge in [0, 0.05) is 36.7 Å². The molecule has 0 fully saturated rings. The van der Waals surface area contributed by atoms with Crippen molar-refractivity contribution in [2.45, 2.75) is 5.50 Å². The number of para-hydroxylation sites is 1. The van der Waals surface area contributed by atoms with Gasteiger partial charge < -0.3 is 9.64 Å². The van der Waals surface area contributed by atoms with E-state index in [1.54, 1.807) is 7.11 Å². The average Bonchev–Trinajstić information content (AvgIpc) is 2.81. The largest absolute Gasteiger partial charge is 0.379 e. The predicted octanol–water partition coefficient (Wildman–Crippen LogP) is 4.72. The third-order valence-electron chi connectivity index (χ3n) is 5.52. The maximum Gasteiger partial charge on any atom is 0.154 e. The molecule has 1 aliphatic rings. The quantitative estimate of drug-likeness (QED) is 0.506. The normalized spacial score (nSPS) is 14.5. The van der Waals surface area contributed by atoms with Crippen molar-refractivity contribution in [3.05, 3.63) is 84.9 Å². The molecule has 3 heteroatoms. The molecule has 1 unspecified atom stereocenters. The summed E-state index contributed by atoms with van der Waals surface area (Å²) in [7, 11) is 5.90. The molecule has 4 rings (SSSR count). The molecule has 3 aromatic carbocycles. The molecule has 1 heterocycles. The minimum atomic E-state index is -0.512. The Morgan fingerprint density at radius 3 is 2.12 bits per heavy atom. The van der Waals surface area contributed by atoms with Gasteiger partial charge in [0.25, 0.3) is 0 Å². The summed E-state index contributed by atoms with van der Waals surface area (Å²) in [4.78, 5) is 2.27. The number of benzene rings is 3. The fourth-order valence-corrected chi connectivity index (χ4v) is 3.75. The second kappa shape index (κ2) is 6.19. The van der Waals surface area contributed by atoms with Crippen LogP contribution in [0, 0.1) is 0 Å². The molecule has 0 bridgehead atoms. The van der Waals surface area contributed by atoms with Crippen molar-refractivity contribution in [1.82, 2.24) is 0 Å². The maximum absolute atomic E-state index is 5.74. The van der Waals surface area contributed by atoms with Crippen molar-refractivity contribution < 1.29 is 4.74 Å². The zero-order chi connectivity index (χ0) is 18.3. The van der Waals surface area contributed by atoms with Crippen LogP contribution < -0.4 is 4.90 Å². The number of rotatable bonds is 3. The lowest BCUT2D eigenvalue weighted by molar-refractivity contribution is 0.103. The van der Waals surface area contributed by atoms with E-state index in [0.29, 0.717) is 0 Å². The van der Waals surface area contributed by atoms with Gasteiger partial charge in [-0.3, -0.25) is 0 Å². The molecule has 2 nitrogen and oxygen atoms in total.